The van der Waals surface area contributed by atoms with E-state index in [1.807, 2.05) is 24.3 Å². The molecule has 3 aliphatic rings. The van der Waals surface area contributed by atoms with Crippen molar-refractivity contribution in [2.24, 2.45) is 17.8 Å². The minimum atomic E-state index is -4.37. The summed E-state index contributed by atoms with van der Waals surface area (Å²) in [7, 11) is 1.56. The predicted octanol–water partition coefficient (Wildman–Crippen LogP) is 3.53. The Morgan fingerprint density at radius 2 is 1.79 bits per heavy atom. The van der Waals surface area contributed by atoms with Crippen LogP contribution in [0, 0.1) is 17.8 Å². The van der Waals surface area contributed by atoms with Crippen LogP contribution in [-0.4, -0.2) is 73.7 Å². The highest BCUT2D eigenvalue weighted by Crippen LogP contribution is 2.37. The molecule has 42 heavy (non-hydrogen) atoms. The molecule has 1 aliphatic heterocycles. The lowest BCUT2D eigenvalue weighted by Gasteiger charge is -2.31. The average Bonchev–Trinajstić information content (AvgIpc) is 3.78. The number of hydrogen-bond donors (Lipinski definition) is 3. The molecule has 1 fully saturated rings. The highest BCUT2D eigenvalue weighted by molar-refractivity contribution is 5.93. The zero-order valence-electron chi connectivity index (χ0n) is 24.4. The lowest BCUT2D eigenvalue weighted by molar-refractivity contribution is -0.169. The van der Waals surface area contributed by atoms with E-state index in [0.717, 1.165) is 30.2 Å². The molecule has 4 rings (SSSR count). The number of para-hydroxylation sites is 1. The van der Waals surface area contributed by atoms with Crippen molar-refractivity contribution < 1.29 is 32.3 Å². The Morgan fingerprint density at radius 3 is 2.48 bits per heavy atom. The molecule has 5 atom stereocenters. The number of carbonyl (C=O) groups is 3. The van der Waals surface area contributed by atoms with Gasteiger partial charge in [0.1, 0.15) is 24.4 Å². The van der Waals surface area contributed by atoms with E-state index in [-0.39, 0.29) is 18.2 Å². The van der Waals surface area contributed by atoms with Crippen molar-refractivity contribution in [3.63, 3.8) is 0 Å². The van der Waals surface area contributed by atoms with Crippen LogP contribution in [0.25, 0.3) is 0 Å². The van der Waals surface area contributed by atoms with Crippen molar-refractivity contribution in [2.75, 3.05) is 26.7 Å². The molecule has 2 unspecified atom stereocenters. The number of likely N-dealkylation sites (N-methyl/N-ethyl adjacent to an activating group) is 1. The molecule has 230 valence electrons. The van der Waals surface area contributed by atoms with Crippen LogP contribution in [0.4, 0.5) is 13.2 Å². The Balaban J connectivity index is 1.54. The summed E-state index contributed by atoms with van der Waals surface area (Å²) in [6, 6.07) is 5.32. The summed E-state index contributed by atoms with van der Waals surface area (Å²) in [6.07, 6.45) is 2.75. The summed E-state index contributed by atoms with van der Waals surface area (Å²) in [4.78, 5) is 41.5. The van der Waals surface area contributed by atoms with E-state index in [0.29, 0.717) is 38.1 Å². The maximum atomic E-state index is 13.4. The Labute approximate surface area is 245 Å². The highest BCUT2D eigenvalue weighted by Gasteiger charge is 2.42. The lowest BCUT2D eigenvalue weighted by Crippen LogP contribution is -2.56. The molecular weight excluding hydrogens is 549 g/mol. The van der Waals surface area contributed by atoms with Gasteiger partial charge >= 0.3 is 6.18 Å². The fourth-order valence-electron chi connectivity index (χ4n) is 5.49. The molecule has 1 aromatic rings. The molecule has 0 spiro atoms. The van der Waals surface area contributed by atoms with Crippen LogP contribution in [0.1, 0.15) is 45.1 Å². The molecule has 1 saturated carbocycles. The van der Waals surface area contributed by atoms with Gasteiger partial charge in [0.05, 0.1) is 12.0 Å². The van der Waals surface area contributed by atoms with Crippen LogP contribution < -0.4 is 20.7 Å². The standard InChI is InChI=1S/C31H41F3N4O4/c1-19-17-21(10-13-24(19)31(32,33)34)18-25-29(40)36-14-6-8-22-7-4-5-9-26(22)42-16-15-35-27(23-11-12-23)30(41)38(3)20(2)28(39)37-25/h4-5,7,9-10,13,17,19-20,23-25,27,35H,6,8,11-12,14-16,18H2,1-3H3,(H,36,40)(H,37,39)/t19?,20-,24?,25-,27+/m1/s1. The van der Waals surface area contributed by atoms with Crippen molar-refractivity contribution in [3.8, 4) is 5.75 Å². The van der Waals surface area contributed by atoms with E-state index in [1.165, 1.54) is 24.0 Å². The number of fused-ring (bicyclic) bond motifs is 1. The van der Waals surface area contributed by atoms with Crippen LogP contribution >= 0.6 is 0 Å². The zero-order chi connectivity index (χ0) is 30.4. The summed E-state index contributed by atoms with van der Waals surface area (Å²) >= 11 is 0. The fourth-order valence-corrected chi connectivity index (χ4v) is 5.49. The third-order valence-electron chi connectivity index (χ3n) is 8.30. The Hall–Kier alpha value is -3.34. The van der Waals surface area contributed by atoms with Gasteiger partial charge in [-0.15, -0.1) is 0 Å². The Kier molecular flexibility index (Phi) is 10.3. The number of nitrogens with one attached hydrogen (secondary N) is 3. The minimum Gasteiger partial charge on any atom is -0.492 e. The van der Waals surface area contributed by atoms with Gasteiger partial charge in [-0.25, -0.2) is 0 Å². The largest absolute Gasteiger partial charge is 0.492 e. The summed E-state index contributed by atoms with van der Waals surface area (Å²) in [5.74, 6) is -2.64. The van der Waals surface area contributed by atoms with Crippen molar-refractivity contribution >= 4 is 17.7 Å². The molecule has 0 radical (unpaired) electrons. The van der Waals surface area contributed by atoms with Crippen molar-refractivity contribution in [1.82, 2.24) is 20.9 Å². The van der Waals surface area contributed by atoms with Gasteiger partial charge in [-0.3, -0.25) is 14.4 Å². The number of alkyl halides is 3. The SMILES string of the molecule is CC1C=C(C[C@H]2NC(=O)[C@@H](C)N(C)C(=O)[C@H](C3CC3)NCCOc3ccccc3CCCNC2=O)C=CC1C(F)(F)F. The third-order valence-corrected chi connectivity index (χ3v) is 8.30. The second-order valence-electron chi connectivity index (χ2n) is 11.5. The van der Waals surface area contributed by atoms with E-state index in [9.17, 15) is 27.6 Å². The smallest absolute Gasteiger partial charge is 0.395 e. The maximum absolute atomic E-state index is 13.4. The zero-order valence-corrected chi connectivity index (χ0v) is 24.4. The molecule has 0 saturated heterocycles. The van der Waals surface area contributed by atoms with E-state index in [1.54, 1.807) is 14.0 Å². The summed E-state index contributed by atoms with van der Waals surface area (Å²) in [6.45, 7) is 4.25. The van der Waals surface area contributed by atoms with Gasteiger partial charge in [0, 0.05) is 26.6 Å². The predicted molar refractivity (Wildman–Crippen MR) is 152 cm³/mol. The minimum absolute atomic E-state index is 0.0241. The molecule has 0 bridgehead atoms. The first-order valence-corrected chi connectivity index (χ1v) is 14.7. The van der Waals surface area contributed by atoms with Gasteiger partial charge in [-0.1, -0.05) is 43.4 Å². The monoisotopic (exact) mass is 590 g/mol. The van der Waals surface area contributed by atoms with Crippen LogP contribution in [0.2, 0.25) is 0 Å². The molecule has 3 N–H and O–H groups in total. The molecular formula is C31H41F3N4O4. The molecule has 1 aromatic carbocycles. The molecule has 3 amide bonds. The number of ether oxygens (including phenoxy) is 1. The maximum Gasteiger partial charge on any atom is 0.395 e. The number of carbonyl (C=O) groups excluding carboxylic acids is 3. The molecule has 8 nitrogen and oxygen atoms in total. The first kappa shape index (κ1) is 31.6. The van der Waals surface area contributed by atoms with Crippen LogP contribution in [0.15, 0.2) is 48.1 Å². The van der Waals surface area contributed by atoms with Gasteiger partial charge in [-0.05, 0) is 61.6 Å². The number of nitrogens with zero attached hydrogens (tertiary/aromatic N) is 1. The Morgan fingerprint density at radius 1 is 1.05 bits per heavy atom. The number of aryl methyl sites for hydroxylation is 1. The van der Waals surface area contributed by atoms with Gasteiger partial charge < -0.3 is 25.6 Å². The van der Waals surface area contributed by atoms with Crippen molar-refractivity contribution in [1.29, 1.82) is 0 Å². The number of rotatable bonds is 3. The van der Waals surface area contributed by atoms with E-state index in [2.05, 4.69) is 16.0 Å². The second-order valence-corrected chi connectivity index (χ2v) is 11.5. The molecule has 2 aliphatic carbocycles. The van der Waals surface area contributed by atoms with E-state index in [4.69, 9.17) is 4.74 Å². The number of halogens is 3. The van der Waals surface area contributed by atoms with Gasteiger partial charge in [-0.2, -0.15) is 13.2 Å². The first-order valence-electron chi connectivity index (χ1n) is 14.7. The fraction of sp³-hybridized carbons (Fsp3) is 0.581. The average molecular weight is 591 g/mol. The summed E-state index contributed by atoms with van der Waals surface area (Å²) in [5.41, 5.74) is 1.53. The number of hydrogen-bond acceptors (Lipinski definition) is 5. The van der Waals surface area contributed by atoms with Crippen molar-refractivity contribution in [3.05, 3.63) is 53.6 Å². The van der Waals surface area contributed by atoms with E-state index >= 15 is 0 Å². The van der Waals surface area contributed by atoms with Gasteiger partial charge in [0.2, 0.25) is 17.7 Å². The highest BCUT2D eigenvalue weighted by atomic mass is 19.4. The molecule has 0 aromatic heterocycles. The van der Waals surface area contributed by atoms with Crippen molar-refractivity contribution in [2.45, 2.75) is 70.3 Å². The summed E-state index contributed by atoms with van der Waals surface area (Å²) in [5, 5.41) is 8.95. The molecule has 1 heterocycles. The number of amides is 3. The normalized spacial score (nSPS) is 28.9. The first-order chi connectivity index (χ1) is 20.0. The number of allylic oxidation sites excluding steroid dienone is 3. The molecule has 11 heteroatoms. The topological polar surface area (TPSA) is 99.8 Å². The second kappa shape index (κ2) is 13.8. The Bertz CT molecular complexity index is 1200. The van der Waals surface area contributed by atoms with Gasteiger partial charge in [0.25, 0.3) is 0 Å². The van der Waals surface area contributed by atoms with Gasteiger partial charge in [0.15, 0.2) is 0 Å². The number of benzene rings is 1. The van der Waals surface area contributed by atoms with Crippen LogP contribution in [0.5, 0.6) is 5.75 Å². The van der Waals surface area contributed by atoms with Crippen LogP contribution in [0.3, 0.4) is 0 Å². The van der Waals surface area contributed by atoms with Crippen LogP contribution in [-0.2, 0) is 20.8 Å². The lowest BCUT2D eigenvalue weighted by atomic mass is 9.85. The van der Waals surface area contributed by atoms with E-state index < -0.39 is 48.0 Å². The summed E-state index contributed by atoms with van der Waals surface area (Å²) < 4.78 is 46.1. The quantitative estimate of drug-likeness (QED) is 0.501. The third kappa shape index (κ3) is 8.14.